The maximum absolute atomic E-state index is 12.4. The lowest BCUT2D eigenvalue weighted by Crippen LogP contribution is -2.49. The Morgan fingerprint density at radius 3 is 2.11 bits per heavy atom. The SMILES string of the molecule is Cc1ccccc1C(=O)Nc1ccc(C(=O)NNC(=S)NC(=O)COc2ccc(C(C)(C)C)cc2)cc1. The number of amides is 3. The summed E-state index contributed by atoms with van der Waals surface area (Å²) in [6.45, 7) is 7.98. The number of hydrazine groups is 1. The molecule has 0 saturated heterocycles. The summed E-state index contributed by atoms with van der Waals surface area (Å²) in [5.74, 6) is -0.609. The van der Waals surface area contributed by atoms with Crippen molar-refractivity contribution < 1.29 is 19.1 Å². The van der Waals surface area contributed by atoms with Gasteiger partial charge in [0.05, 0.1) is 0 Å². The minimum absolute atomic E-state index is 0.0255. The fraction of sp³-hybridized carbons (Fsp3) is 0.214. The van der Waals surface area contributed by atoms with Crippen LogP contribution in [0.2, 0.25) is 0 Å². The molecule has 192 valence electrons. The highest BCUT2D eigenvalue weighted by atomic mass is 32.1. The van der Waals surface area contributed by atoms with E-state index in [0.717, 1.165) is 11.1 Å². The van der Waals surface area contributed by atoms with Gasteiger partial charge in [0.1, 0.15) is 5.75 Å². The van der Waals surface area contributed by atoms with Gasteiger partial charge in [-0.2, -0.15) is 0 Å². The van der Waals surface area contributed by atoms with Gasteiger partial charge in [-0.25, -0.2) is 0 Å². The van der Waals surface area contributed by atoms with Gasteiger partial charge in [0.15, 0.2) is 11.7 Å². The number of benzene rings is 3. The molecule has 3 rings (SSSR count). The summed E-state index contributed by atoms with van der Waals surface area (Å²) >= 11 is 5.05. The summed E-state index contributed by atoms with van der Waals surface area (Å²) in [6, 6.07) is 21.2. The van der Waals surface area contributed by atoms with Crippen LogP contribution in [0, 0.1) is 6.92 Å². The molecule has 0 heterocycles. The summed E-state index contributed by atoms with van der Waals surface area (Å²) in [7, 11) is 0. The minimum Gasteiger partial charge on any atom is -0.484 e. The Balaban J connectivity index is 1.41. The normalized spacial score (nSPS) is 10.7. The third kappa shape index (κ3) is 8.15. The third-order valence-electron chi connectivity index (χ3n) is 5.43. The molecule has 4 N–H and O–H groups in total. The molecule has 0 aliphatic heterocycles. The lowest BCUT2D eigenvalue weighted by Gasteiger charge is -2.19. The number of hydrogen-bond donors (Lipinski definition) is 4. The Morgan fingerprint density at radius 1 is 0.838 bits per heavy atom. The Bertz CT molecular complexity index is 1280. The monoisotopic (exact) mass is 518 g/mol. The highest BCUT2D eigenvalue weighted by Gasteiger charge is 2.14. The highest BCUT2D eigenvalue weighted by molar-refractivity contribution is 7.80. The molecule has 0 saturated carbocycles. The third-order valence-corrected chi connectivity index (χ3v) is 5.63. The van der Waals surface area contributed by atoms with E-state index in [2.05, 4.69) is 42.3 Å². The van der Waals surface area contributed by atoms with Gasteiger partial charge in [-0.3, -0.25) is 30.6 Å². The van der Waals surface area contributed by atoms with Crippen LogP contribution in [0.1, 0.15) is 52.6 Å². The second kappa shape index (κ2) is 12.1. The lowest BCUT2D eigenvalue weighted by molar-refractivity contribution is -0.121. The number of ether oxygens (including phenoxy) is 1. The molecule has 0 radical (unpaired) electrons. The first-order chi connectivity index (χ1) is 17.5. The van der Waals surface area contributed by atoms with Crippen molar-refractivity contribution in [1.82, 2.24) is 16.2 Å². The first-order valence-corrected chi connectivity index (χ1v) is 12.0. The van der Waals surface area contributed by atoms with Crippen molar-refractivity contribution in [2.45, 2.75) is 33.1 Å². The van der Waals surface area contributed by atoms with Gasteiger partial charge in [0, 0.05) is 16.8 Å². The number of rotatable bonds is 6. The van der Waals surface area contributed by atoms with Crippen LogP contribution in [0.5, 0.6) is 5.75 Å². The Labute approximate surface area is 221 Å². The standard InChI is InChI=1S/C28H30N4O4S/c1-18-7-5-6-8-23(18)26(35)29-21-13-9-19(10-14-21)25(34)31-32-27(37)30-24(33)17-36-22-15-11-20(12-16-22)28(2,3)4/h5-16H,17H2,1-4H3,(H,29,35)(H,31,34)(H2,30,32,33,37). The van der Waals surface area contributed by atoms with E-state index >= 15 is 0 Å². The molecule has 9 heteroatoms. The summed E-state index contributed by atoms with van der Waals surface area (Å²) in [6.07, 6.45) is 0. The van der Waals surface area contributed by atoms with Gasteiger partial charge >= 0.3 is 0 Å². The van der Waals surface area contributed by atoms with Crippen LogP contribution in [-0.2, 0) is 10.2 Å². The first-order valence-electron chi connectivity index (χ1n) is 11.6. The van der Waals surface area contributed by atoms with Crippen LogP contribution in [0.25, 0.3) is 0 Å². The van der Waals surface area contributed by atoms with Crippen LogP contribution < -0.4 is 26.2 Å². The second-order valence-electron chi connectivity index (χ2n) is 9.37. The number of anilines is 1. The molecule has 0 atom stereocenters. The molecule has 0 spiro atoms. The average Bonchev–Trinajstić information content (AvgIpc) is 2.86. The van der Waals surface area contributed by atoms with Crippen LogP contribution in [0.4, 0.5) is 5.69 Å². The molecule has 0 aliphatic carbocycles. The van der Waals surface area contributed by atoms with Crippen molar-refractivity contribution in [3.05, 3.63) is 95.1 Å². The van der Waals surface area contributed by atoms with E-state index in [0.29, 0.717) is 22.6 Å². The van der Waals surface area contributed by atoms with Crippen molar-refractivity contribution in [1.29, 1.82) is 0 Å². The molecule has 8 nitrogen and oxygen atoms in total. The van der Waals surface area contributed by atoms with Crippen molar-refractivity contribution in [3.63, 3.8) is 0 Å². The van der Waals surface area contributed by atoms with Crippen molar-refractivity contribution in [2.75, 3.05) is 11.9 Å². The minimum atomic E-state index is -0.472. The fourth-order valence-electron chi connectivity index (χ4n) is 3.31. The second-order valence-corrected chi connectivity index (χ2v) is 9.77. The van der Waals surface area contributed by atoms with Crippen LogP contribution in [0.3, 0.4) is 0 Å². The number of aryl methyl sites for hydroxylation is 1. The number of hydrogen-bond acceptors (Lipinski definition) is 5. The fourth-order valence-corrected chi connectivity index (χ4v) is 3.48. The van der Waals surface area contributed by atoms with E-state index < -0.39 is 11.8 Å². The van der Waals surface area contributed by atoms with Gasteiger partial charge in [-0.15, -0.1) is 0 Å². The maximum atomic E-state index is 12.4. The molecule has 0 aromatic heterocycles. The number of thiocarbonyl (C=S) groups is 1. The molecular formula is C28H30N4O4S. The van der Waals surface area contributed by atoms with Gasteiger partial charge < -0.3 is 10.1 Å². The molecule has 0 aliphatic rings. The highest BCUT2D eigenvalue weighted by Crippen LogP contribution is 2.24. The van der Waals surface area contributed by atoms with E-state index in [4.69, 9.17) is 17.0 Å². The zero-order valence-corrected chi connectivity index (χ0v) is 22.0. The molecular weight excluding hydrogens is 488 g/mol. The summed E-state index contributed by atoms with van der Waals surface area (Å²) < 4.78 is 5.49. The van der Waals surface area contributed by atoms with E-state index in [1.807, 2.05) is 43.3 Å². The van der Waals surface area contributed by atoms with E-state index in [1.54, 1.807) is 36.4 Å². The number of nitrogens with one attached hydrogen (secondary N) is 4. The molecule has 0 bridgehead atoms. The quantitative estimate of drug-likeness (QED) is 0.287. The van der Waals surface area contributed by atoms with E-state index in [1.165, 1.54) is 0 Å². The molecule has 37 heavy (non-hydrogen) atoms. The Kier molecular flexibility index (Phi) is 8.97. The van der Waals surface area contributed by atoms with E-state index in [-0.39, 0.29) is 23.0 Å². The first kappa shape index (κ1) is 27.3. The van der Waals surface area contributed by atoms with Crippen molar-refractivity contribution in [3.8, 4) is 5.75 Å². The van der Waals surface area contributed by atoms with Crippen molar-refractivity contribution >= 4 is 40.7 Å². The van der Waals surface area contributed by atoms with Crippen LogP contribution >= 0.6 is 12.2 Å². The lowest BCUT2D eigenvalue weighted by atomic mass is 9.87. The average molecular weight is 519 g/mol. The van der Waals surface area contributed by atoms with E-state index in [9.17, 15) is 14.4 Å². The summed E-state index contributed by atoms with van der Waals surface area (Å²) in [5.41, 5.74) is 8.41. The zero-order chi connectivity index (χ0) is 27.0. The van der Waals surface area contributed by atoms with Crippen LogP contribution in [-0.4, -0.2) is 29.4 Å². The molecule has 3 aromatic carbocycles. The van der Waals surface area contributed by atoms with Crippen molar-refractivity contribution in [2.24, 2.45) is 0 Å². The molecule has 0 unspecified atom stereocenters. The summed E-state index contributed by atoms with van der Waals surface area (Å²) in [5, 5.41) is 5.16. The largest absolute Gasteiger partial charge is 0.484 e. The number of carbonyl (C=O) groups excluding carboxylic acids is 3. The Hall–Kier alpha value is -4.24. The molecule has 3 aromatic rings. The van der Waals surface area contributed by atoms with Gasteiger partial charge in [0.25, 0.3) is 17.7 Å². The van der Waals surface area contributed by atoms with Gasteiger partial charge in [0.2, 0.25) is 0 Å². The zero-order valence-electron chi connectivity index (χ0n) is 21.2. The topological polar surface area (TPSA) is 109 Å². The smallest absolute Gasteiger partial charge is 0.269 e. The summed E-state index contributed by atoms with van der Waals surface area (Å²) in [4.78, 5) is 36.9. The van der Waals surface area contributed by atoms with Gasteiger partial charge in [-0.05, 0) is 78.1 Å². The maximum Gasteiger partial charge on any atom is 0.269 e. The van der Waals surface area contributed by atoms with Gasteiger partial charge in [-0.1, -0.05) is 51.1 Å². The number of carbonyl (C=O) groups is 3. The predicted octanol–water partition coefficient (Wildman–Crippen LogP) is 4.26. The Morgan fingerprint density at radius 2 is 1.49 bits per heavy atom. The molecule has 3 amide bonds. The van der Waals surface area contributed by atoms with Crippen LogP contribution in [0.15, 0.2) is 72.8 Å². The predicted molar refractivity (Wildman–Crippen MR) is 148 cm³/mol. The molecule has 0 fully saturated rings.